The second-order valence-corrected chi connectivity index (χ2v) is 8.65. The van der Waals surface area contributed by atoms with E-state index in [9.17, 15) is 26.8 Å². The van der Waals surface area contributed by atoms with E-state index in [-0.39, 0.29) is 34.9 Å². The molecular weight excluding hydrogens is 394 g/mol. The fourth-order valence-corrected chi connectivity index (χ4v) is 4.22. The smallest absolute Gasteiger partial charge is 0.324 e. The minimum absolute atomic E-state index is 0.0334. The number of benzene rings is 1. The molecule has 0 radical (unpaired) electrons. The van der Waals surface area contributed by atoms with Gasteiger partial charge in [-0.1, -0.05) is 25.3 Å². The number of nitrogens with zero attached hydrogens (tertiary/aromatic N) is 1. The number of imide groups is 1. The minimum Gasteiger partial charge on any atom is -0.488 e. The average Bonchev–Trinajstić information content (AvgIpc) is 2.96. The Hall–Kier alpha value is -2.23. The number of urea groups is 1. The number of sulfone groups is 1. The van der Waals surface area contributed by atoms with E-state index in [0.29, 0.717) is 19.4 Å². The summed E-state index contributed by atoms with van der Waals surface area (Å²) in [5, 5.41) is 2.21. The molecule has 0 spiro atoms. The summed E-state index contributed by atoms with van der Waals surface area (Å²) in [6.07, 6.45) is 0.960. The standard InChI is InChI=1S/C18H24F2N2O5S/c19-16(20)13-27-14-7-6-8-15(11-14)28(25,26)10-5-3-1-2-4-9-22-12-17(23)21-18(22)24/h6-8,11,16H,1-5,9-10,12-13H2,(H,21,23,24). The predicted octanol–water partition coefficient (Wildman–Crippen LogP) is 2.61. The summed E-state index contributed by atoms with van der Waals surface area (Å²) >= 11 is 0. The second kappa shape index (κ2) is 10.4. The lowest BCUT2D eigenvalue weighted by Crippen LogP contribution is -2.29. The lowest BCUT2D eigenvalue weighted by molar-refractivity contribution is -0.118. The first-order chi connectivity index (χ1) is 13.3. The van der Waals surface area contributed by atoms with Crippen LogP contribution in [0.5, 0.6) is 5.75 Å². The summed E-state index contributed by atoms with van der Waals surface area (Å²) in [4.78, 5) is 24.0. The number of rotatable bonds is 12. The maximum absolute atomic E-state index is 12.4. The topological polar surface area (TPSA) is 92.8 Å². The normalized spacial score (nSPS) is 14.6. The Balaban J connectivity index is 1.67. The van der Waals surface area contributed by atoms with Gasteiger partial charge < -0.3 is 9.64 Å². The van der Waals surface area contributed by atoms with Gasteiger partial charge in [0.2, 0.25) is 5.91 Å². The molecule has 0 unspecified atom stereocenters. The molecule has 10 heteroatoms. The number of amides is 3. The number of ether oxygens (including phenoxy) is 1. The largest absolute Gasteiger partial charge is 0.488 e. The van der Waals surface area contributed by atoms with E-state index in [1.807, 2.05) is 0 Å². The molecule has 0 bridgehead atoms. The Morgan fingerprint density at radius 1 is 1.11 bits per heavy atom. The van der Waals surface area contributed by atoms with E-state index in [4.69, 9.17) is 4.74 Å². The lowest BCUT2D eigenvalue weighted by atomic mass is 10.1. The number of nitrogens with one attached hydrogen (secondary N) is 1. The maximum Gasteiger partial charge on any atom is 0.324 e. The molecule has 1 aromatic rings. The van der Waals surface area contributed by atoms with Crippen LogP contribution < -0.4 is 10.1 Å². The third-order valence-electron chi connectivity index (χ3n) is 4.25. The fourth-order valence-electron chi connectivity index (χ4n) is 2.82. The Bertz CT molecular complexity index is 786. The van der Waals surface area contributed by atoms with Gasteiger partial charge >= 0.3 is 6.03 Å². The van der Waals surface area contributed by atoms with Gasteiger partial charge in [0, 0.05) is 6.54 Å². The molecule has 1 aliphatic heterocycles. The number of halogens is 2. The van der Waals surface area contributed by atoms with Gasteiger partial charge in [0.05, 0.1) is 10.6 Å². The molecular formula is C18H24F2N2O5S. The molecule has 0 saturated carbocycles. The zero-order chi connectivity index (χ0) is 20.6. The van der Waals surface area contributed by atoms with Crippen LogP contribution in [-0.4, -0.2) is 57.1 Å². The van der Waals surface area contributed by atoms with Crippen molar-refractivity contribution >= 4 is 21.8 Å². The number of hydrogen-bond donors (Lipinski definition) is 1. The highest BCUT2D eigenvalue weighted by molar-refractivity contribution is 7.91. The molecule has 28 heavy (non-hydrogen) atoms. The quantitative estimate of drug-likeness (QED) is 0.416. The molecule has 0 aromatic heterocycles. The van der Waals surface area contributed by atoms with Crippen LogP contribution in [0.2, 0.25) is 0 Å². The Kier molecular flexibility index (Phi) is 8.16. The van der Waals surface area contributed by atoms with Gasteiger partial charge in [0.15, 0.2) is 9.84 Å². The summed E-state index contributed by atoms with van der Waals surface area (Å²) in [5.41, 5.74) is 0. The molecule has 0 atom stereocenters. The summed E-state index contributed by atoms with van der Waals surface area (Å²) in [6, 6.07) is 5.23. The van der Waals surface area contributed by atoms with Crippen LogP contribution in [-0.2, 0) is 14.6 Å². The van der Waals surface area contributed by atoms with E-state index >= 15 is 0 Å². The van der Waals surface area contributed by atoms with Crippen molar-refractivity contribution in [2.24, 2.45) is 0 Å². The first-order valence-corrected chi connectivity index (χ1v) is 10.8. The molecule has 156 valence electrons. The van der Waals surface area contributed by atoms with Crippen molar-refractivity contribution in [3.05, 3.63) is 24.3 Å². The first kappa shape index (κ1) is 22.1. The van der Waals surface area contributed by atoms with E-state index in [0.717, 1.165) is 19.3 Å². The van der Waals surface area contributed by atoms with Gasteiger partial charge in [-0.05, 0) is 31.0 Å². The van der Waals surface area contributed by atoms with Gasteiger partial charge in [-0.15, -0.1) is 0 Å². The van der Waals surface area contributed by atoms with Gasteiger partial charge in [0.25, 0.3) is 6.43 Å². The summed E-state index contributed by atoms with van der Waals surface area (Å²) in [7, 11) is -3.51. The zero-order valence-corrected chi connectivity index (χ0v) is 16.2. The monoisotopic (exact) mass is 418 g/mol. The number of hydrogen-bond acceptors (Lipinski definition) is 5. The molecule has 1 aliphatic rings. The van der Waals surface area contributed by atoms with Crippen molar-refractivity contribution in [3.63, 3.8) is 0 Å². The van der Waals surface area contributed by atoms with Crippen molar-refractivity contribution in [2.45, 2.75) is 43.4 Å². The highest BCUT2D eigenvalue weighted by Crippen LogP contribution is 2.20. The second-order valence-electron chi connectivity index (χ2n) is 6.54. The van der Waals surface area contributed by atoms with Crippen molar-refractivity contribution in [3.8, 4) is 5.75 Å². The van der Waals surface area contributed by atoms with Crippen LogP contribution in [0, 0.1) is 0 Å². The molecule has 2 rings (SSSR count). The lowest BCUT2D eigenvalue weighted by Gasteiger charge is -2.12. The zero-order valence-electron chi connectivity index (χ0n) is 15.4. The van der Waals surface area contributed by atoms with Crippen LogP contribution in [0.4, 0.5) is 13.6 Å². The molecule has 3 amide bonds. The number of carbonyl (C=O) groups excluding carboxylic acids is 2. The summed E-state index contributed by atoms with van der Waals surface area (Å²) in [5.74, 6) is -0.224. The molecule has 1 N–H and O–H groups in total. The molecule has 1 fully saturated rings. The fraction of sp³-hybridized carbons (Fsp3) is 0.556. The van der Waals surface area contributed by atoms with Gasteiger partial charge in [-0.2, -0.15) is 0 Å². The molecule has 1 heterocycles. The van der Waals surface area contributed by atoms with Crippen molar-refractivity contribution in [1.82, 2.24) is 10.2 Å². The number of alkyl halides is 2. The Labute approximate surface area is 163 Å². The number of unbranched alkanes of at least 4 members (excludes halogenated alkanes) is 4. The van der Waals surface area contributed by atoms with E-state index in [1.54, 1.807) is 0 Å². The maximum atomic E-state index is 12.4. The summed E-state index contributed by atoms with van der Waals surface area (Å²) < 4.78 is 54.0. The van der Waals surface area contributed by atoms with Crippen molar-refractivity contribution < 1.29 is 31.5 Å². The van der Waals surface area contributed by atoms with Crippen LogP contribution in [0.25, 0.3) is 0 Å². The SMILES string of the molecule is O=C1CN(CCCCCCCS(=O)(=O)c2cccc(OCC(F)F)c2)C(=O)N1. The Morgan fingerprint density at radius 3 is 2.50 bits per heavy atom. The third kappa shape index (κ3) is 7.06. The van der Waals surface area contributed by atoms with E-state index < -0.39 is 22.9 Å². The molecule has 7 nitrogen and oxygen atoms in total. The van der Waals surface area contributed by atoms with Gasteiger partial charge in [-0.3, -0.25) is 10.1 Å². The Morgan fingerprint density at radius 2 is 1.82 bits per heavy atom. The van der Waals surface area contributed by atoms with E-state index in [1.165, 1.54) is 29.2 Å². The van der Waals surface area contributed by atoms with E-state index in [2.05, 4.69) is 5.32 Å². The molecule has 1 aromatic carbocycles. The first-order valence-electron chi connectivity index (χ1n) is 9.10. The average molecular weight is 418 g/mol. The third-order valence-corrected chi connectivity index (χ3v) is 6.05. The highest BCUT2D eigenvalue weighted by Gasteiger charge is 2.25. The van der Waals surface area contributed by atoms with Crippen molar-refractivity contribution in [1.29, 1.82) is 0 Å². The van der Waals surface area contributed by atoms with Crippen LogP contribution in [0.3, 0.4) is 0 Å². The van der Waals surface area contributed by atoms with Gasteiger partial charge in [0.1, 0.15) is 18.9 Å². The highest BCUT2D eigenvalue weighted by atomic mass is 32.2. The molecule has 0 aliphatic carbocycles. The molecule has 1 saturated heterocycles. The van der Waals surface area contributed by atoms with Crippen LogP contribution in [0.15, 0.2) is 29.2 Å². The minimum atomic E-state index is -3.51. The predicted molar refractivity (Wildman–Crippen MR) is 98.2 cm³/mol. The van der Waals surface area contributed by atoms with Crippen molar-refractivity contribution in [2.75, 3.05) is 25.4 Å². The van der Waals surface area contributed by atoms with Crippen LogP contribution in [0.1, 0.15) is 32.1 Å². The van der Waals surface area contributed by atoms with Crippen LogP contribution >= 0.6 is 0 Å². The number of carbonyl (C=O) groups is 2. The van der Waals surface area contributed by atoms with Gasteiger partial charge in [-0.25, -0.2) is 22.0 Å². The summed E-state index contributed by atoms with van der Waals surface area (Å²) in [6.45, 7) is -0.185.